The Kier molecular flexibility index (Phi) is 7.05. The first kappa shape index (κ1) is 29.8. The van der Waals surface area contributed by atoms with Gasteiger partial charge in [-0.2, -0.15) is 0 Å². The number of Topliss-reactive ketones (excluding diaryl/α,β-unsaturated/α-hetero) is 3. The smallest absolute Gasteiger partial charge is 0.203 e. The highest BCUT2D eigenvalue weighted by Crippen LogP contribution is 2.65. The maximum absolute atomic E-state index is 14.4. The molecule has 0 aliphatic heterocycles. The molecule has 0 spiro atoms. The number of aliphatic hydroxyl groups is 3. The van der Waals surface area contributed by atoms with Crippen LogP contribution in [0.4, 0.5) is 0 Å². The summed E-state index contributed by atoms with van der Waals surface area (Å²) in [6.07, 6.45) is 2.69. The summed E-state index contributed by atoms with van der Waals surface area (Å²) in [7, 11) is 0. The average Bonchev–Trinajstić information content (AvgIpc) is 2.90. The zero-order chi connectivity index (χ0) is 30.9. The van der Waals surface area contributed by atoms with Gasteiger partial charge in [0.15, 0.2) is 17.2 Å². The summed E-state index contributed by atoms with van der Waals surface area (Å²) in [5, 5.41) is 46.0. The molecule has 3 aliphatic carbocycles. The fourth-order valence-corrected chi connectivity index (χ4v) is 8.23. The van der Waals surface area contributed by atoms with Crippen LogP contribution in [0.1, 0.15) is 75.8 Å². The van der Waals surface area contributed by atoms with E-state index in [0.29, 0.717) is 6.42 Å². The number of benzene rings is 2. The number of allylic oxidation sites excluding steroid dienone is 1. The number of aryl methyl sites for hydroxylation is 3. The number of phenolic OH excluding ortho intramolecular Hbond substituents is 1. The summed E-state index contributed by atoms with van der Waals surface area (Å²) in [6, 6.07) is 11.8. The lowest BCUT2D eigenvalue weighted by molar-refractivity contribution is -0.178. The van der Waals surface area contributed by atoms with Gasteiger partial charge >= 0.3 is 0 Å². The first-order valence-electron chi connectivity index (χ1n) is 14.7. The molecule has 7 heteroatoms. The molecule has 3 aliphatic rings. The van der Waals surface area contributed by atoms with Crippen molar-refractivity contribution < 1.29 is 34.8 Å². The van der Waals surface area contributed by atoms with Gasteiger partial charge in [0.25, 0.3) is 0 Å². The maximum Gasteiger partial charge on any atom is 0.203 e. The Morgan fingerprint density at radius 1 is 0.976 bits per heavy atom. The second kappa shape index (κ2) is 9.94. The average molecular weight is 573 g/mol. The number of aliphatic hydroxyl groups excluding tert-OH is 2. The van der Waals surface area contributed by atoms with Crippen molar-refractivity contribution in [2.75, 3.05) is 0 Å². The monoisotopic (exact) mass is 572 g/mol. The molecule has 0 radical (unpaired) electrons. The quantitative estimate of drug-likeness (QED) is 0.334. The Labute approximate surface area is 246 Å². The van der Waals surface area contributed by atoms with E-state index in [0.717, 1.165) is 36.5 Å². The number of carbonyl (C=O) groups excluding carboxylic acids is 3. The number of phenols is 1. The highest BCUT2D eigenvalue weighted by Gasteiger charge is 2.72. The van der Waals surface area contributed by atoms with Gasteiger partial charge in [0.2, 0.25) is 5.78 Å². The van der Waals surface area contributed by atoms with E-state index >= 15 is 0 Å². The van der Waals surface area contributed by atoms with Crippen molar-refractivity contribution >= 4 is 23.1 Å². The lowest BCUT2D eigenvalue weighted by Gasteiger charge is -2.59. The van der Waals surface area contributed by atoms with E-state index in [2.05, 4.69) is 31.2 Å². The Morgan fingerprint density at radius 3 is 2.17 bits per heavy atom. The van der Waals surface area contributed by atoms with Gasteiger partial charge in [-0.15, -0.1) is 0 Å². The predicted molar refractivity (Wildman–Crippen MR) is 159 cm³/mol. The normalized spacial score (nSPS) is 29.0. The fourth-order valence-electron chi connectivity index (χ4n) is 8.23. The van der Waals surface area contributed by atoms with E-state index in [1.165, 1.54) is 11.6 Å². The number of fused-ring (bicyclic) bond motifs is 3. The van der Waals surface area contributed by atoms with Crippen molar-refractivity contribution in [2.45, 2.75) is 79.2 Å². The molecule has 0 heterocycles. The van der Waals surface area contributed by atoms with Crippen LogP contribution in [0.3, 0.4) is 0 Å². The molecule has 1 unspecified atom stereocenters. The van der Waals surface area contributed by atoms with Gasteiger partial charge in [0.05, 0.1) is 5.56 Å². The van der Waals surface area contributed by atoms with Gasteiger partial charge in [-0.3, -0.25) is 14.4 Å². The van der Waals surface area contributed by atoms with Crippen LogP contribution < -0.4 is 0 Å². The summed E-state index contributed by atoms with van der Waals surface area (Å²) in [5.74, 6) is -5.15. The predicted octanol–water partition coefficient (Wildman–Crippen LogP) is 5.54. The molecule has 222 valence electrons. The number of aromatic hydroxyl groups is 1. The third-order valence-corrected chi connectivity index (χ3v) is 10.1. The number of ketones is 3. The van der Waals surface area contributed by atoms with Gasteiger partial charge in [0.1, 0.15) is 22.8 Å². The number of hydrogen-bond acceptors (Lipinski definition) is 7. The molecular formula is C35H40O7. The van der Waals surface area contributed by atoms with Crippen LogP contribution in [0.15, 0.2) is 53.3 Å². The molecule has 0 aromatic heterocycles. The fraction of sp³-hybridized carbons (Fsp3) is 0.457. The molecule has 0 amide bonds. The molecule has 1 fully saturated rings. The molecule has 0 bridgehead atoms. The first-order chi connectivity index (χ1) is 19.6. The number of carbonyl (C=O) groups is 3. The topological polar surface area (TPSA) is 132 Å². The molecule has 4 N–H and O–H groups in total. The van der Waals surface area contributed by atoms with Crippen LogP contribution in [0.2, 0.25) is 0 Å². The highest BCUT2D eigenvalue weighted by molar-refractivity contribution is 6.24. The van der Waals surface area contributed by atoms with Crippen LogP contribution in [0, 0.1) is 22.7 Å². The van der Waals surface area contributed by atoms with Crippen molar-refractivity contribution in [1.82, 2.24) is 0 Å². The van der Waals surface area contributed by atoms with Crippen LogP contribution in [0.25, 0.3) is 5.76 Å². The maximum atomic E-state index is 14.4. The lowest BCUT2D eigenvalue weighted by atomic mass is 9.43. The molecule has 4 atom stereocenters. The minimum atomic E-state index is -2.60. The zero-order valence-electron chi connectivity index (χ0n) is 25.2. The number of hydrogen-bond donors (Lipinski definition) is 4. The van der Waals surface area contributed by atoms with Crippen molar-refractivity contribution in [3.63, 3.8) is 0 Å². The molecule has 1 saturated carbocycles. The van der Waals surface area contributed by atoms with E-state index < -0.39 is 56.8 Å². The Balaban J connectivity index is 1.67. The summed E-state index contributed by atoms with van der Waals surface area (Å²) in [5.41, 5.74) is -1.57. The number of rotatable bonds is 6. The Bertz CT molecular complexity index is 1580. The van der Waals surface area contributed by atoms with Gasteiger partial charge < -0.3 is 20.4 Å². The second-order valence-corrected chi connectivity index (χ2v) is 13.2. The molecule has 42 heavy (non-hydrogen) atoms. The van der Waals surface area contributed by atoms with Crippen molar-refractivity contribution in [3.05, 3.63) is 81.1 Å². The van der Waals surface area contributed by atoms with E-state index in [1.54, 1.807) is 20.8 Å². The van der Waals surface area contributed by atoms with Crippen LogP contribution >= 0.6 is 0 Å². The minimum absolute atomic E-state index is 0.0818. The van der Waals surface area contributed by atoms with Gasteiger partial charge in [-0.1, -0.05) is 65.0 Å². The second-order valence-electron chi connectivity index (χ2n) is 13.2. The van der Waals surface area contributed by atoms with Crippen LogP contribution in [-0.4, -0.2) is 43.4 Å². The zero-order valence-corrected chi connectivity index (χ0v) is 25.2. The van der Waals surface area contributed by atoms with Crippen molar-refractivity contribution in [2.24, 2.45) is 22.7 Å². The third kappa shape index (κ3) is 4.00. The third-order valence-electron chi connectivity index (χ3n) is 10.1. The van der Waals surface area contributed by atoms with E-state index in [9.17, 15) is 34.8 Å². The SMILES string of the molecule is CCc1ccc(CCc2ccc(O)c3c2C[C@]2(C)C[C@]4(C)C(C(C)C)C(=O)C(C(C)=O)=C(O)[C@]4(O)C(=O)C2=C3O)cc1. The lowest BCUT2D eigenvalue weighted by Crippen LogP contribution is -2.69. The molecule has 2 aromatic rings. The standard InChI is InChI=1S/C35H40O7/c1-7-20-8-10-21(11-9-20)12-13-22-14-15-24(37)26-23(22)16-33(5)17-34(6)27(18(2)3)29(38)25(19(4)36)31(40)35(34,42)32(41)28(33)30(26)39/h8-11,14-15,18,27,37,39-40,42H,7,12-13,16-17H2,1-6H3/t27?,33-,34-,35+/m1/s1. The van der Waals surface area contributed by atoms with Crippen molar-refractivity contribution in [1.29, 1.82) is 0 Å². The molecule has 2 aromatic carbocycles. The molecule has 7 nitrogen and oxygen atoms in total. The van der Waals surface area contributed by atoms with E-state index in [4.69, 9.17) is 0 Å². The van der Waals surface area contributed by atoms with Gasteiger partial charge in [0, 0.05) is 22.3 Å². The summed E-state index contributed by atoms with van der Waals surface area (Å²) >= 11 is 0. The minimum Gasteiger partial charge on any atom is -0.508 e. The summed E-state index contributed by atoms with van der Waals surface area (Å²) in [4.78, 5) is 40.6. The van der Waals surface area contributed by atoms with Gasteiger partial charge in [-0.25, -0.2) is 0 Å². The van der Waals surface area contributed by atoms with E-state index in [1.807, 2.05) is 13.0 Å². The first-order valence-corrected chi connectivity index (χ1v) is 14.7. The van der Waals surface area contributed by atoms with Crippen LogP contribution in [-0.2, 0) is 40.1 Å². The largest absolute Gasteiger partial charge is 0.508 e. The van der Waals surface area contributed by atoms with E-state index in [-0.39, 0.29) is 35.6 Å². The van der Waals surface area contributed by atoms with Crippen LogP contribution in [0.5, 0.6) is 5.75 Å². The molecule has 0 saturated heterocycles. The highest BCUT2D eigenvalue weighted by atomic mass is 16.3. The molecule has 5 rings (SSSR count). The van der Waals surface area contributed by atoms with Crippen molar-refractivity contribution in [3.8, 4) is 5.75 Å². The summed E-state index contributed by atoms with van der Waals surface area (Å²) in [6.45, 7) is 10.3. The Morgan fingerprint density at radius 2 is 1.60 bits per heavy atom. The molecular weight excluding hydrogens is 532 g/mol. The summed E-state index contributed by atoms with van der Waals surface area (Å²) < 4.78 is 0. The van der Waals surface area contributed by atoms with Gasteiger partial charge in [-0.05, 0) is 73.3 Å². The Hall–Kier alpha value is -3.71.